The summed E-state index contributed by atoms with van der Waals surface area (Å²) in [6, 6.07) is 6.53. The van der Waals surface area contributed by atoms with E-state index in [1.54, 1.807) is 0 Å². The number of rotatable bonds is 3. The summed E-state index contributed by atoms with van der Waals surface area (Å²) in [4.78, 5) is 0. The van der Waals surface area contributed by atoms with E-state index in [4.69, 9.17) is 0 Å². The first-order valence-electron chi connectivity index (χ1n) is 4.95. The molecule has 72 valence electrons. The topological polar surface area (TPSA) is 0 Å². The molecule has 1 rings (SSSR count). The van der Waals surface area contributed by atoms with E-state index in [2.05, 4.69) is 54.9 Å². The van der Waals surface area contributed by atoms with Gasteiger partial charge in [0.15, 0.2) is 0 Å². The summed E-state index contributed by atoms with van der Waals surface area (Å²) in [5, 5.41) is 0. The highest BCUT2D eigenvalue weighted by Gasteiger charge is 2.10. The molecule has 0 nitrogen and oxygen atoms in total. The van der Waals surface area contributed by atoms with Gasteiger partial charge in [-0.05, 0) is 36.8 Å². The molecule has 0 atom stereocenters. The van der Waals surface area contributed by atoms with Crippen LogP contribution in [0.4, 0.5) is 0 Å². The third kappa shape index (κ3) is 2.34. The van der Waals surface area contributed by atoms with Gasteiger partial charge in [-0.1, -0.05) is 48.0 Å². The van der Waals surface area contributed by atoms with E-state index in [9.17, 15) is 0 Å². The molecule has 0 N–H and O–H groups in total. The van der Waals surface area contributed by atoms with Crippen molar-refractivity contribution in [3.63, 3.8) is 0 Å². The first-order valence-corrected chi connectivity index (χ1v) is 5.75. The molecule has 0 heterocycles. The van der Waals surface area contributed by atoms with Gasteiger partial charge in [-0.3, -0.25) is 0 Å². The average Bonchev–Trinajstić information content (AvgIpc) is 2.14. The fourth-order valence-electron chi connectivity index (χ4n) is 1.71. The molecule has 0 radical (unpaired) electrons. The molecule has 0 amide bonds. The van der Waals surface area contributed by atoms with E-state index in [1.165, 1.54) is 28.4 Å². The Balaban J connectivity index is 3.05. The van der Waals surface area contributed by atoms with E-state index in [0.29, 0.717) is 5.92 Å². The Morgan fingerprint density at radius 2 is 1.85 bits per heavy atom. The maximum absolute atomic E-state index is 3.66. The van der Waals surface area contributed by atoms with Crippen LogP contribution in [0.1, 0.15) is 43.7 Å². The quantitative estimate of drug-likeness (QED) is 0.721. The first kappa shape index (κ1) is 10.8. The second-order valence-corrected chi connectivity index (χ2v) is 4.28. The van der Waals surface area contributed by atoms with Crippen molar-refractivity contribution in [1.82, 2.24) is 0 Å². The number of hydrogen-bond acceptors (Lipinski definition) is 0. The number of hydrogen-bond donors (Lipinski definition) is 0. The highest BCUT2D eigenvalue weighted by molar-refractivity contribution is 9.10. The second-order valence-electron chi connectivity index (χ2n) is 3.49. The summed E-state index contributed by atoms with van der Waals surface area (Å²) in [6.45, 7) is 6.65. The van der Waals surface area contributed by atoms with Gasteiger partial charge in [0.2, 0.25) is 0 Å². The van der Waals surface area contributed by atoms with Crippen LogP contribution in [0, 0.1) is 6.92 Å². The number of halogens is 1. The van der Waals surface area contributed by atoms with E-state index in [0.717, 1.165) is 0 Å². The lowest BCUT2D eigenvalue weighted by Gasteiger charge is -2.15. The average molecular weight is 241 g/mol. The zero-order valence-corrected chi connectivity index (χ0v) is 10.2. The maximum Gasteiger partial charge on any atom is 0.0239 e. The predicted molar refractivity (Wildman–Crippen MR) is 62.2 cm³/mol. The Morgan fingerprint density at radius 1 is 1.23 bits per heavy atom. The second kappa shape index (κ2) is 4.80. The van der Waals surface area contributed by atoms with Gasteiger partial charge in [-0.2, -0.15) is 0 Å². The van der Waals surface area contributed by atoms with Crippen LogP contribution in [-0.2, 0) is 0 Å². The van der Waals surface area contributed by atoms with Gasteiger partial charge in [0, 0.05) is 4.47 Å². The molecule has 1 heteroatoms. The molecule has 0 spiro atoms. The maximum atomic E-state index is 3.66. The molecule has 0 bridgehead atoms. The highest BCUT2D eigenvalue weighted by atomic mass is 79.9. The fraction of sp³-hybridized carbons (Fsp3) is 0.500. The zero-order valence-electron chi connectivity index (χ0n) is 8.60. The summed E-state index contributed by atoms with van der Waals surface area (Å²) in [5.41, 5.74) is 2.80. The van der Waals surface area contributed by atoms with Crippen molar-refractivity contribution in [3.8, 4) is 0 Å². The molecule has 0 saturated heterocycles. The summed E-state index contributed by atoms with van der Waals surface area (Å²) in [6.07, 6.45) is 2.44. The monoisotopic (exact) mass is 240 g/mol. The van der Waals surface area contributed by atoms with Crippen LogP contribution >= 0.6 is 15.9 Å². The fourth-order valence-corrected chi connectivity index (χ4v) is 2.30. The molecule has 1 aromatic carbocycles. The van der Waals surface area contributed by atoms with Crippen molar-refractivity contribution in [1.29, 1.82) is 0 Å². The van der Waals surface area contributed by atoms with Crippen LogP contribution in [0.2, 0.25) is 0 Å². The van der Waals surface area contributed by atoms with Crippen LogP contribution in [0.15, 0.2) is 22.7 Å². The lowest BCUT2D eigenvalue weighted by Crippen LogP contribution is -1.97. The van der Waals surface area contributed by atoms with Crippen molar-refractivity contribution in [3.05, 3.63) is 33.8 Å². The van der Waals surface area contributed by atoms with Crippen molar-refractivity contribution in [2.45, 2.75) is 39.5 Å². The zero-order chi connectivity index (χ0) is 9.84. The largest absolute Gasteiger partial charge is 0.0648 e. The van der Waals surface area contributed by atoms with E-state index < -0.39 is 0 Å². The van der Waals surface area contributed by atoms with Crippen LogP contribution in [-0.4, -0.2) is 0 Å². The summed E-state index contributed by atoms with van der Waals surface area (Å²) in [5.74, 6) is 0.703. The van der Waals surface area contributed by atoms with Gasteiger partial charge >= 0.3 is 0 Å². The third-order valence-electron chi connectivity index (χ3n) is 2.65. The van der Waals surface area contributed by atoms with Gasteiger partial charge in [0.05, 0.1) is 0 Å². The summed E-state index contributed by atoms with van der Waals surface area (Å²) >= 11 is 3.66. The van der Waals surface area contributed by atoms with Gasteiger partial charge < -0.3 is 0 Å². The normalized spacial score (nSPS) is 10.8. The Bertz CT molecular complexity index is 274. The lowest BCUT2D eigenvalue weighted by atomic mass is 9.93. The van der Waals surface area contributed by atoms with Gasteiger partial charge in [0.25, 0.3) is 0 Å². The minimum atomic E-state index is 0.703. The van der Waals surface area contributed by atoms with Crippen molar-refractivity contribution in [2.75, 3.05) is 0 Å². The number of benzene rings is 1. The minimum Gasteiger partial charge on any atom is -0.0648 e. The standard InChI is InChI=1S/C12H17Br/c1-4-10(5-2)11-8-6-7-9(3)12(11)13/h6-8,10H,4-5H2,1-3H3. The first-order chi connectivity index (χ1) is 6.20. The number of aryl methyl sites for hydroxylation is 1. The SMILES string of the molecule is CCC(CC)c1cccc(C)c1Br. The third-order valence-corrected chi connectivity index (χ3v) is 3.73. The highest BCUT2D eigenvalue weighted by Crippen LogP contribution is 2.31. The summed E-state index contributed by atoms with van der Waals surface area (Å²) < 4.78 is 1.30. The Hall–Kier alpha value is -0.300. The minimum absolute atomic E-state index is 0.703. The molecule has 0 saturated carbocycles. The Labute approximate surface area is 89.5 Å². The summed E-state index contributed by atoms with van der Waals surface area (Å²) in [7, 11) is 0. The molecule has 1 aromatic rings. The van der Waals surface area contributed by atoms with Crippen LogP contribution in [0.25, 0.3) is 0 Å². The van der Waals surface area contributed by atoms with Crippen LogP contribution in [0.5, 0.6) is 0 Å². The van der Waals surface area contributed by atoms with E-state index in [1.807, 2.05) is 0 Å². The molecule has 0 aromatic heterocycles. The molecule has 0 unspecified atom stereocenters. The van der Waals surface area contributed by atoms with Gasteiger partial charge in [0.1, 0.15) is 0 Å². The predicted octanol–water partition coefficient (Wildman–Crippen LogP) is 4.66. The van der Waals surface area contributed by atoms with Crippen LogP contribution < -0.4 is 0 Å². The molecule has 0 aliphatic carbocycles. The molecular weight excluding hydrogens is 224 g/mol. The molecule has 13 heavy (non-hydrogen) atoms. The smallest absolute Gasteiger partial charge is 0.0239 e. The Morgan fingerprint density at radius 3 is 2.38 bits per heavy atom. The van der Waals surface area contributed by atoms with Gasteiger partial charge in [-0.25, -0.2) is 0 Å². The van der Waals surface area contributed by atoms with Gasteiger partial charge in [-0.15, -0.1) is 0 Å². The molecular formula is C12H17Br. The van der Waals surface area contributed by atoms with E-state index in [-0.39, 0.29) is 0 Å². The molecule has 0 aliphatic rings. The van der Waals surface area contributed by atoms with E-state index >= 15 is 0 Å². The van der Waals surface area contributed by atoms with Crippen molar-refractivity contribution in [2.24, 2.45) is 0 Å². The van der Waals surface area contributed by atoms with Crippen molar-refractivity contribution < 1.29 is 0 Å². The van der Waals surface area contributed by atoms with Crippen molar-refractivity contribution >= 4 is 15.9 Å². The van der Waals surface area contributed by atoms with Crippen LogP contribution in [0.3, 0.4) is 0 Å². The molecule has 0 aliphatic heterocycles. The Kier molecular flexibility index (Phi) is 3.98. The molecule has 0 fully saturated rings. The lowest BCUT2D eigenvalue weighted by molar-refractivity contribution is 0.638.